The molecule has 1 amide bonds. The molecule has 0 spiro atoms. The molecule has 15 heavy (non-hydrogen) atoms. The fraction of sp³-hybridized carbons (Fsp3) is 0.111. The van der Waals surface area contributed by atoms with Crippen molar-refractivity contribution >= 4 is 23.3 Å². The monoisotopic (exact) mass is 208 g/mol. The van der Waals surface area contributed by atoms with Gasteiger partial charge in [-0.2, -0.15) is 0 Å². The summed E-state index contributed by atoms with van der Waals surface area (Å²) in [5.74, 6) is -1.26. The number of carboxylic acids is 1. The van der Waals surface area contributed by atoms with Crippen LogP contribution in [0.1, 0.15) is 10.4 Å². The Kier molecular flexibility index (Phi) is 1.96. The average Bonchev–Trinajstić information content (AvgIpc) is 2.17. The third-order valence-corrected chi connectivity index (χ3v) is 1.98. The third kappa shape index (κ3) is 1.56. The average molecular weight is 208 g/mol. The molecule has 0 radical (unpaired) electrons. The second-order valence-electron chi connectivity index (χ2n) is 3.08. The van der Waals surface area contributed by atoms with Gasteiger partial charge in [-0.05, 0) is 6.07 Å². The minimum Gasteiger partial charge on any atom is -0.481 e. The van der Waals surface area contributed by atoms with Crippen LogP contribution in [0.25, 0.3) is 0 Å². The van der Waals surface area contributed by atoms with Crippen LogP contribution in [-0.4, -0.2) is 23.6 Å². The first-order valence-corrected chi connectivity index (χ1v) is 4.17. The molecule has 0 fully saturated rings. The summed E-state index contributed by atoms with van der Waals surface area (Å²) in [5.41, 5.74) is 5.87. The number of hydrogen-bond acceptors (Lipinski definition) is 4. The molecular formula is C9H8N2O4. The molecule has 6 heteroatoms. The summed E-state index contributed by atoms with van der Waals surface area (Å²) >= 11 is 0. The molecule has 0 unspecified atom stereocenters. The van der Waals surface area contributed by atoms with Crippen molar-refractivity contribution in [2.24, 2.45) is 0 Å². The van der Waals surface area contributed by atoms with Gasteiger partial charge >= 0.3 is 5.97 Å². The Hall–Kier alpha value is -2.24. The van der Waals surface area contributed by atoms with Crippen LogP contribution in [0.3, 0.4) is 0 Å². The lowest BCUT2D eigenvalue weighted by atomic mass is 10.1. The number of nitrogens with one attached hydrogen (secondary N) is 1. The lowest BCUT2D eigenvalue weighted by Gasteiger charge is -2.19. The Morgan fingerprint density at radius 3 is 2.93 bits per heavy atom. The predicted octanol–water partition coefficient (Wildman–Crippen LogP) is 0.298. The first kappa shape index (κ1) is 9.32. The van der Waals surface area contributed by atoms with Crippen molar-refractivity contribution in [3.05, 3.63) is 17.7 Å². The van der Waals surface area contributed by atoms with Gasteiger partial charge in [-0.25, -0.2) is 4.79 Å². The van der Waals surface area contributed by atoms with Crippen molar-refractivity contribution in [1.29, 1.82) is 0 Å². The summed E-state index contributed by atoms with van der Waals surface area (Å²) in [6, 6.07) is 2.75. The van der Waals surface area contributed by atoms with Crippen molar-refractivity contribution in [2.45, 2.75) is 0 Å². The Balaban J connectivity index is 2.60. The largest absolute Gasteiger partial charge is 0.481 e. The summed E-state index contributed by atoms with van der Waals surface area (Å²) in [6.45, 7) is -0.129. The van der Waals surface area contributed by atoms with E-state index in [1.807, 2.05) is 0 Å². The van der Waals surface area contributed by atoms with E-state index in [-0.39, 0.29) is 35.2 Å². The highest BCUT2D eigenvalue weighted by Crippen LogP contribution is 2.33. The number of carbonyl (C=O) groups excluding carboxylic acids is 1. The minimum absolute atomic E-state index is 0.0712. The number of carbonyl (C=O) groups is 2. The molecule has 78 valence electrons. The van der Waals surface area contributed by atoms with Gasteiger partial charge in [0.15, 0.2) is 6.61 Å². The molecule has 4 N–H and O–H groups in total. The maximum Gasteiger partial charge on any atom is 0.338 e. The summed E-state index contributed by atoms with van der Waals surface area (Å²) in [6.07, 6.45) is 0. The van der Waals surface area contributed by atoms with Gasteiger partial charge in [0.05, 0.1) is 11.3 Å². The zero-order valence-corrected chi connectivity index (χ0v) is 7.61. The molecule has 0 atom stereocenters. The number of carboxylic acid groups (broad SMARTS) is 1. The molecule has 1 heterocycles. The Morgan fingerprint density at radius 2 is 2.27 bits per heavy atom. The smallest absolute Gasteiger partial charge is 0.338 e. The van der Waals surface area contributed by atoms with E-state index in [9.17, 15) is 9.59 Å². The van der Waals surface area contributed by atoms with E-state index in [0.29, 0.717) is 0 Å². The van der Waals surface area contributed by atoms with Crippen molar-refractivity contribution in [3.8, 4) is 5.75 Å². The van der Waals surface area contributed by atoms with Crippen LogP contribution >= 0.6 is 0 Å². The number of ether oxygens (including phenoxy) is 1. The molecule has 2 rings (SSSR count). The van der Waals surface area contributed by atoms with Gasteiger partial charge in [0.2, 0.25) is 0 Å². The molecule has 0 aliphatic carbocycles. The first-order chi connectivity index (χ1) is 7.08. The quantitative estimate of drug-likeness (QED) is 0.576. The van der Waals surface area contributed by atoms with Crippen LogP contribution in [0.15, 0.2) is 12.1 Å². The Morgan fingerprint density at radius 1 is 1.53 bits per heavy atom. The molecule has 1 aliphatic rings. The molecule has 0 saturated carbocycles. The van der Waals surface area contributed by atoms with E-state index >= 15 is 0 Å². The number of nitrogens with two attached hydrogens (primary N) is 1. The van der Waals surface area contributed by atoms with Crippen LogP contribution < -0.4 is 15.8 Å². The fourth-order valence-electron chi connectivity index (χ4n) is 1.37. The number of fused-ring (bicyclic) bond motifs is 1. The van der Waals surface area contributed by atoms with Gasteiger partial charge < -0.3 is 20.9 Å². The topological polar surface area (TPSA) is 102 Å². The standard InChI is InChI=1S/C9H8N2O4/c10-4-1-5(9(13)14)8-6(2-4)15-3-7(12)11-8/h1-2H,3,10H2,(H,11,12)(H,13,14). The van der Waals surface area contributed by atoms with Gasteiger partial charge in [-0.15, -0.1) is 0 Å². The van der Waals surface area contributed by atoms with Crippen LogP contribution in [0.4, 0.5) is 11.4 Å². The van der Waals surface area contributed by atoms with E-state index in [2.05, 4.69) is 5.32 Å². The van der Waals surface area contributed by atoms with Crippen LogP contribution in [0.5, 0.6) is 5.75 Å². The van der Waals surface area contributed by atoms with Gasteiger partial charge in [0, 0.05) is 11.8 Å². The number of nitrogen functional groups attached to an aromatic ring is 1. The van der Waals surface area contributed by atoms with Crippen LogP contribution in [0.2, 0.25) is 0 Å². The van der Waals surface area contributed by atoms with Gasteiger partial charge in [-0.1, -0.05) is 0 Å². The molecule has 1 aromatic carbocycles. The lowest BCUT2D eigenvalue weighted by molar-refractivity contribution is -0.118. The van der Waals surface area contributed by atoms with E-state index in [1.54, 1.807) is 0 Å². The van der Waals surface area contributed by atoms with Crippen molar-refractivity contribution in [2.75, 3.05) is 17.7 Å². The van der Waals surface area contributed by atoms with Gasteiger partial charge in [-0.3, -0.25) is 4.79 Å². The van der Waals surface area contributed by atoms with Gasteiger partial charge in [0.1, 0.15) is 5.75 Å². The maximum atomic E-state index is 11.0. The first-order valence-electron chi connectivity index (χ1n) is 4.17. The second-order valence-corrected chi connectivity index (χ2v) is 3.08. The highest BCUT2D eigenvalue weighted by molar-refractivity contribution is 6.05. The zero-order chi connectivity index (χ0) is 11.0. The summed E-state index contributed by atoms with van der Waals surface area (Å²) in [5, 5.41) is 11.3. The van der Waals surface area contributed by atoms with Crippen molar-refractivity contribution < 1.29 is 19.4 Å². The number of rotatable bonds is 1. The highest BCUT2D eigenvalue weighted by atomic mass is 16.5. The summed E-state index contributed by atoms with van der Waals surface area (Å²) in [7, 11) is 0. The third-order valence-electron chi connectivity index (χ3n) is 1.98. The molecular weight excluding hydrogens is 200 g/mol. The molecule has 1 aromatic rings. The Labute approximate surface area is 84.6 Å². The molecule has 0 aromatic heterocycles. The predicted molar refractivity (Wildman–Crippen MR) is 51.9 cm³/mol. The SMILES string of the molecule is Nc1cc2c(c(C(=O)O)c1)NC(=O)CO2. The second kappa shape index (κ2) is 3.16. The molecule has 0 saturated heterocycles. The van der Waals surface area contributed by atoms with Crippen molar-refractivity contribution in [1.82, 2.24) is 0 Å². The molecule has 1 aliphatic heterocycles. The number of aromatic carboxylic acids is 1. The van der Waals surface area contributed by atoms with E-state index < -0.39 is 5.97 Å². The number of anilines is 2. The molecule has 6 nitrogen and oxygen atoms in total. The van der Waals surface area contributed by atoms with Crippen LogP contribution in [0, 0.1) is 0 Å². The summed E-state index contributed by atoms with van der Waals surface area (Å²) < 4.78 is 5.05. The Bertz CT molecular complexity index is 456. The van der Waals surface area contributed by atoms with E-state index in [1.165, 1.54) is 12.1 Å². The fourth-order valence-corrected chi connectivity index (χ4v) is 1.37. The molecule has 0 bridgehead atoms. The summed E-state index contributed by atoms with van der Waals surface area (Å²) in [4.78, 5) is 21.9. The van der Waals surface area contributed by atoms with Crippen molar-refractivity contribution in [3.63, 3.8) is 0 Å². The zero-order valence-electron chi connectivity index (χ0n) is 7.61. The maximum absolute atomic E-state index is 11.0. The van der Waals surface area contributed by atoms with E-state index in [0.717, 1.165) is 0 Å². The van der Waals surface area contributed by atoms with Crippen LogP contribution in [-0.2, 0) is 4.79 Å². The number of amides is 1. The minimum atomic E-state index is -1.16. The lowest BCUT2D eigenvalue weighted by Crippen LogP contribution is -2.27. The van der Waals surface area contributed by atoms with E-state index in [4.69, 9.17) is 15.6 Å². The number of hydrogen-bond donors (Lipinski definition) is 3. The highest BCUT2D eigenvalue weighted by Gasteiger charge is 2.22. The number of benzene rings is 1. The van der Waals surface area contributed by atoms with Gasteiger partial charge in [0.25, 0.3) is 5.91 Å². The normalized spacial score (nSPS) is 13.7.